The van der Waals surface area contributed by atoms with Gasteiger partial charge in [-0.3, -0.25) is 9.78 Å². The number of aromatic nitrogens is 3. The molecule has 2 heterocycles. The minimum atomic E-state index is -0.774. The van der Waals surface area contributed by atoms with Crippen LogP contribution in [0.5, 0.6) is 0 Å². The lowest BCUT2D eigenvalue weighted by Crippen LogP contribution is -2.61. The van der Waals surface area contributed by atoms with Crippen LogP contribution >= 0.6 is 0 Å². The molecule has 0 spiro atoms. The van der Waals surface area contributed by atoms with E-state index in [4.69, 9.17) is 0 Å². The fraction of sp³-hybridized carbons (Fsp3) is 0.571. The van der Waals surface area contributed by atoms with Crippen molar-refractivity contribution in [2.75, 3.05) is 18.0 Å². The largest absolute Gasteiger partial charge is 0.386 e. The Morgan fingerprint density at radius 3 is 2.64 bits per heavy atom. The van der Waals surface area contributed by atoms with Gasteiger partial charge in [-0.1, -0.05) is 0 Å². The minimum absolute atomic E-state index is 0.135. The van der Waals surface area contributed by atoms with Crippen LogP contribution in [0.25, 0.3) is 0 Å². The minimum Gasteiger partial charge on any atom is -0.386 e. The summed E-state index contributed by atoms with van der Waals surface area (Å²) in [6.45, 7) is 2.35. The Morgan fingerprint density at radius 1 is 1.50 bits per heavy atom. The Kier molecular flexibility index (Phi) is 1.71. The van der Waals surface area contributed by atoms with Crippen LogP contribution in [0, 0.1) is 0 Å². The number of aliphatic hydroxyl groups is 1. The third kappa shape index (κ3) is 1.41. The van der Waals surface area contributed by atoms with Gasteiger partial charge in [-0.25, -0.2) is 9.89 Å². The van der Waals surface area contributed by atoms with Crippen molar-refractivity contribution in [3.8, 4) is 0 Å². The van der Waals surface area contributed by atoms with Crippen molar-refractivity contribution < 1.29 is 5.11 Å². The van der Waals surface area contributed by atoms with E-state index < -0.39 is 16.9 Å². The molecule has 0 aromatic carbocycles. The van der Waals surface area contributed by atoms with Gasteiger partial charge in [0.25, 0.3) is 5.56 Å². The van der Waals surface area contributed by atoms with E-state index in [0.717, 1.165) is 0 Å². The number of rotatable bonds is 1. The van der Waals surface area contributed by atoms with Crippen LogP contribution < -0.4 is 16.1 Å². The van der Waals surface area contributed by atoms with Gasteiger partial charge in [0.1, 0.15) is 0 Å². The smallest absolute Gasteiger partial charge is 0.342 e. The van der Waals surface area contributed by atoms with Crippen LogP contribution in [-0.2, 0) is 0 Å². The third-order valence-electron chi connectivity index (χ3n) is 2.06. The molecule has 2 rings (SSSR count). The molecule has 14 heavy (non-hydrogen) atoms. The number of hydrogen-bond acceptors (Lipinski definition) is 5. The molecule has 0 unspecified atom stereocenters. The molecule has 76 valence electrons. The van der Waals surface area contributed by atoms with E-state index in [2.05, 4.69) is 15.2 Å². The number of H-pyrrole nitrogens is 2. The summed E-state index contributed by atoms with van der Waals surface area (Å²) in [6, 6.07) is 0. The van der Waals surface area contributed by atoms with Gasteiger partial charge in [0.2, 0.25) is 5.82 Å². The zero-order chi connectivity index (χ0) is 10.3. The highest BCUT2D eigenvalue weighted by Crippen LogP contribution is 2.22. The molecule has 7 heteroatoms. The van der Waals surface area contributed by atoms with Crippen molar-refractivity contribution in [1.82, 2.24) is 15.2 Å². The maximum Gasteiger partial charge on any atom is 0.342 e. The van der Waals surface area contributed by atoms with E-state index in [9.17, 15) is 14.7 Å². The molecule has 1 saturated heterocycles. The molecule has 7 nitrogen and oxygen atoms in total. The zero-order valence-corrected chi connectivity index (χ0v) is 7.57. The fourth-order valence-corrected chi connectivity index (χ4v) is 1.48. The summed E-state index contributed by atoms with van der Waals surface area (Å²) < 4.78 is 0. The number of β-amino-alcohol motifs (C(OH)–C–C–N with tert-alkyl or cyclic N) is 1. The number of aromatic amines is 2. The second-order valence-electron chi connectivity index (χ2n) is 3.68. The number of nitrogens with zero attached hydrogens (tertiary/aromatic N) is 2. The first-order chi connectivity index (χ1) is 6.48. The monoisotopic (exact) mass is 198 g/mol. The van der Waals surface area contributed by atoms with Crippen LogP contribution in [0.4, 0.5) is 5.82 Å². The first kappa shape index (κ1) is 8.95. The second-order valence-corrected chi connectivity index (χ2v) is 3.68. The summed E-state index contributed by atoms with van der Waals surface area (Å²) in [5.74, 6) is 0.135. The molecule has 3 N–H and O–H groups in total. The van der Waals surface area contributed by atoms with Crippen LogP contribution in [-0.4, -0.2) is 39.0 Å². The molecule has 1 fully saturated rings. The maximum absolute atomic E-state index is 11.2. The molecule has 0 saturated carbocycles. The molecular formula is C7H10N4O3. The molecule has 1 aromatic rings. The van der Waals surface area contributed by atoms with Gasteiger partial charge in [0, 0.05) is 13.1 Å². The Labute approximate surface area is 78.4 Å². The van der Waals surface area contributed by atoms with Crippen LogP contribution in [0.3, 0.4) is 0 Å². The Morgan fingerprint density at radius 2 is 2.14 bits per heavy atom. The standard InChI is InChI=1S/C7H10N4O3/c1-7(14)2-11(3-7)4-5(12)8-6(13)10-9-4/h14H,2-3H2,1H3,(H2,8,10,12,13). The summed E-state index contributed by atoms with van der Waals surface area (Å²) in [6.07, 6.45) is 0. The molecule has 1 aliphatic heterocycles. The second kappa shape index (κ2) is 2.68. The summed E-state index contributed by atoms with van der Waals surface area (Å²) in [4.78, 5) is 25.5. The van der Waals surface area contributed by atoms with Gasteiger partial charge in [-0.05, 0) is 6.92 Å². The van der Waals surface area contributed by atoms with E-state index >= 15 is 0 Å². The van der Waals surface area contributed by atoms with Crippen molar-refractivity contribution in [2.45, 2.75) is 12.5 Å². The topological polar surface area (TPSA) is 102 Å². The quantitative estimate of drug-likeness (QED) is 0.485. The summed E-state index contributed by atoms with van der Waals surface area (Å²) in [5, 5.41) is 15.2. The number of hydrogen-bond donors (Lipinski definition) is 3. The fourth-order valence-electron chi connectivity index (χ4n) is 1.48. The van der Waals surface area contributed by atoms with Gasteiger partial charge >= 0.3 is 5.69 Å². The van der Waals surface area contributed by atoms with E-state index in [-0.39, 0.29) is 5.82 Å². The summed E-state index contributed by atoms with van der Waals surface area (Å²) >= 11 is 0. The van der Waals surface area contributed by atoms with Crippen molar-refractivity contribution in [2.24, 2.45) is 0 Å². The molecule has 0 radical (unpaired) electrons. The highest BCUT2D eigenvalue weighted by molar-refractivity contribution is 5.40. The highest BCUT2D eigenvalue weighted by atomic mass is 16.3. The van der Waals surface area contributed by atoms with Gasteiger partial charge in [-0.2, -0.15) is 0 Å². The van der Waals surface area contributed by atoms with Crippen LogP contribution in [0.15, 0.2) is 9.59 Å². The highest BCUT2D eigenvalue weighted by Gasteiger charge is 2.38. The van der Waals surface area contributed by atoms with Gasteiger partial charge in [0.05, 0.1) is 5.60 Å². The lowest BCUT2D eigenvalue weighted by molar-refractivity contribution is 0.0302. The van der Waals surface area contributed by atoms with Crippen LogP contribution in [0.1, 0.15) is 6.92 Å². The normalized spacial score (nSPS) is 19.1. The Hall–Kier alpha value is -1.63. The summed E-state index contributed by atoms with van der Waals surface area (Å²) in [7, 11) is 0. The van der Waals surface area contributed by atoms with Gasteiger partial charge in [0.15, 0.2) is 0 Å². The van der Waals surface area contributed by atoms with Gasteiger partial charge in [-0.15, -0.1) is 5.10 Å². The van der Waals surface area contributed by atoms with Crippen molar-refractivity contribution in [3.63, 3.8) is 0 Å². The van der Waals surface area contributed by atoms with E-state index in [0.29, 0.717) is 13.1 Å². The molecular weight excluding hydrogens is 188 g/mol. The molecule has 0 bridgehead atoms. The van der Waals surface area contributed by atoms with E-state index in [1.165, 1.54) is 0 Å². The van der Waals surface area contributed by atoms with E-state index in [1.54, 1.807) is 11.8 Å². The van der Waals surface area contributed by atoms with Crippen molar-refractivity contribution >= 4 is 5.82 Å². The zero-order valence-electron chi connectivity index (χ0n) is 7.57. The van der Waals surface area contributed by atoms with Gasteiger partial charge < -0.3 is 10.0 Å². The first-order valence-corrected chi connectivity index (χ1v) is 4.14. The predicted octanol–water partition coefficient (Wildman–Crippen LogP) is -1.97. The number of nitrogens with one attached hydrogen (secondary N) is 2. The molecule has 0 aliphatic carbocycles. The summed E-state index contributed by atoms with van der Waals surface area (Å²) in [5.41, 5.74) is -1.94. The predicted molar refractivity (Wildman–Crippen MR) is 48.3 cm³/mol. The lowest BCUT2D eigenvalue weighted by Gasteiger charge is -2.44. The average molecular weight is 198 g/mol. The first-order valence-electron chi connectivity index (χ1n) is 4.14. The molecule has 0 amide bonds. The van der Waals surface area contributed by atoms with Crippen molar-refractivity contribution in [3.05, 3.63) is 20.8 Å². The third-order valence-corrected chi connectivity index (χ3v) is 2.06. The van der Waals surface area contributed by atoms with Crippen LogP contribution in [0.2, 0.25) is 0 Å². The Bertz CT molecular complexity index is 452. The molecule has 1 aromatic heterocycles. The lowest BCUT2D eigenvalue weighted by atomic mass is 9.97. The molecule has 0 atom stereocenters. The maximum atomic E-state index is 11.2. The SMILES string of the molecule is CC1(O)CN(c2n[nH]c(=O)[nH]c2=O)C1. The van der Waals surface area contributed by atoms with Crippen molar-refractivity contribution in [1.29, 1.82) is 0 Å². The average Bonchev–Trinajstić information content (AvgIpc) is 2.00. The Balaban J connectivity index is 2.28. The number of anilines is 1. The van der Waals surface area contributed by atoms with E-state index in [1.807, 2.05) is 0 Å². The molecule has 1 aliphatic rings.